The first-order chi connectivity index (χ1) is 10.3. The summed E-state index contributed by atoms with van der Waals surface area (Å²) in [5.74, 6) is -0.276. The van der Waals surface area contributed by atoms with E-state index in [1.807, 2.05) is 20.8 Å². The maximum Gasteiger partial charge on any atom is 0.269 e. The van der Waals surface area contributed by atoms with Crippen LogP contribution in [0.25, 0.3) is 0 Å². The van der Waals surface area contributed by atoms with Gasteiger partial charge in [-0.15, -0.1) is 0 Å². The number of amides is 1. The Labute approximate surface area is 128 Å². The predicted octanol–water partition coefficient (Wildman–Crippen LogP) is 3.54. The minimum absolute atomic E-state index is 0.0167. The number of aromatic nitrogens is 1. The molecule has 2 aromatic rings. The zero-order valence-corrected chi connectivity index (χ0v) is 12.7. The van der Waals surface area contributed by atoms with E-state index >= 15 is 0 Å². The fourth-order valence-electron chi connectivity index (χ4n) is 1.85. The second-order valence-electron chi connectivity index (χ2n) is 5.94. The molecule has 0 aliphatic carbocycles. The zero-order valence-electron chi connectivity index (χ0n) is 12.7. The van der Waals surface area contributed by atoms with Gasteiger partial charge in [0.25, 0.3) is 11.6 Å². The summed E-state index contributed by atoms with van der Waals surface area (Å²) in [6.45, 7) is 6.06. The van der Waals surface area contributed by atoms with E-state index in [2.05, 4.69) is 10.3 Å². The molecule has 1 aromatic carbocycles. The van der Waals surface area contributed by atoms with Crippen LogP contribution in [0.5, 0.6) is 0 Å². The van der Waals surface area contributed by atoms with E-state index in [9.17, 15) is 14.9 Å². The summed E-state index contributed by atoms with van der Waals surface area (Å²) in [6.07, 6.45) is 1.60. The molecule has 1 amide bonds. The molecule has 0 unspecified atom stereocenters. The molecule has 0 bridgehead atoms. The lowest BCUT2D eigenvalue weighted by Crippen LogP contribution is -2.17. The number of anilines is 1. The third-order valence-corrected chi connectivity index (χ3v) is 3.13. The van der Waals surface area contributed by atoms with Crippen LogP contribution in [0.1, 0.15) is 36.8 Å². The predicted molar refractivity (Wildman–Crippen MR) is 84.0 cm³/mol. The third kappa shape index (κ3) is 3.66. The van der Waals surface area contributed by atoms with Gasteiger partial charge in [0, 0.05) is 40.7 Å². The lowest BCUT2D eigenvalue weighted by molar-refractivity contribution is -0.384. The minimum Gasteiger partial charge on any atom is -0.322 e. The first kappa shape index (κ1) is 15.6. The molecule has 0 saturated heterocycles. The molecule has 0 aliphatic rings. The molecule has 0 fully saturated rings. The summed E-state index contributed by atoms with van der Waals surface area (Å²) in [5, 5.41) is 13.3. The van der Waals surface area contributed by atoms with Crippen LogP contribution in [0.3, 0.4) is 0 Å². The number of pyridine rings is 1. The van der Waals surface area contributed by atoms with Crippen LogP contribution in [0.4, 0.5) is 11.4 Å². The van der Waals surface area contributed by atoms with E-state index in [0.717, 1.165) is 5.69 Å². The van der Waals surface area contributed by atoms with Gasteiger partial charge in [-0.05, 0) is 24.3 Å². The Balaban J connectivity index is 2.17. The van der Waals surface area contributed by atoms with Gasteiger partial charge in [-0.25, -0.2) is 0 Å². The van der Waals surface area contributed by atoms with Crippen molar-refractivity contribution in [2.75, 3.05) is 5.32 Å². The quantitative estimate of drug-likeness (QED) is 0.694. The molecule has 114 valence electrons. The van der Waals surface area contributed by atoms with Crippen LogP contribution in [-0.2, 0) is 5.41 Å². The van der Waals surface area contributed by atoms with E-state index < -0.39 is 4.92 Å². The Morgan fingerprint density at radius 2 is 1.82 bits per heavy atom. The smallest absolute Gasteiger partial charge is 0.269 e. The summed E-state index contributed by atoms with van der Waals surface area (Å²) in [7, 11) is 0. The van der Waals surface area contributed by atoms with Gasteiger partial charge in [-0.2, -0.15) is 0 Å². The zero-order chi connectivity index (χ0) is 16.3. The standard InChI is InChI=1S/C16H17N3O3/c1-16(2,3)14-10-11(8-9-17-14)15(20)18-12-4-6-13(7-5-12)19(21)22/h4-10H,1-3H3,(H,18,20). The van der Waals surface area contributed by atoms with Gasteiger partial charge in [0.05, 0.1) is 4.92 Å². The second kappa shape index (κ2) is 5.93. The molecule has 6 nitrogen and oxygen atoms in total. The number of nitro groups is 1. The van der Waals surface area contributed by atoms with Gasteiger partial charge in [0.2, 0.25) is 0 Å². The average molecular weight is 299 g/mol. The lowest BCUT2D eigenvalue weighted by atomic mass is 9.91. The van der Waals surface area contributed by atoms with Gasteiger partial charge < -0.3 is 5.32 Å². The van der Waals surface area contributed by atoms with Gasteiger partial charge in [-0.1, -0.05) is 20.8 Å². The van der Waals surface area contributed by atoms with E-state index in [1.165, 1.54) is 24.3 Å². The number of carbonyl (C=O) groups is 1. The van der Waals surface area contributed by atoms with Crippen LogP contribution in [0.2, 0.25) is 0 Å². The summed E-state index contributed by atoms with van der Waals surface area (Å²) in [5.41, 5.74) is 1.66. The van der Waals surface area contributed by atoms with E-state index in [1.54, 1.807) is 18.3 Å². The van der Waals surface area contributed by atoms with Crippen LogP contribution in [0, 0.1) is 10.1 Å². The highest BCUT2D eigenvalue weighted by Crippen LogP contribution is 2.21. The first-order valence-electron chi connectivity index (χ1n) is 6.80. The van der Waals surface area contributed by atoms with Crippen LogP contribution in [-0.4, -0.2) is 15.8 Å². The molecule has 6 heteroatoms. The first-order valence-corrected chi connectivity index (χ1v) is 6.80. The van der Waals surface area contributed by atoms with Gasteiger partial charge in [-0.3, -0.25) is 19.9 Å². The summed E-state index contributed by atoms with van der Waals surface area (Å²) < 4.78 is 0. The maximum atomic E-state index is 12.2. The van der Waals surface area contributed by atoms with E-state index in [-0.39, 0.29) is 17.0 Å². The van der Waals surface area contributed by atoms with E-state index in [0.29, 0.717) is 11.3 Å². The highest BCUT2D eigenvalue weighted by atomic mass is 16.6. The Hall–Kier alpha value is -2.76. The van der Waals surface area contributed by atoms with E-state index in [4.69, 9.17) is 0 Å². The normalized spacial score (nSPS) is 11.0. The van der Waals surface area contributed by atoms with Crippen LogP contribution >= 0.6 is 0 Å². The number of rotatable bonds is 3. The summed E-state index contributed by atoms with van der Waals surface area (Å²) in [6, 6.07) is 9.09. The maximum absolute atomic E-state index is 12.2. The molecular weight excluding hydrogens is 282 g/mol. The average Bonchev–Trinajstić information content (AvgIpc) is 2.47. The fraction of sp³-hybridized carbons (Fsp3) is 0.250. The third-order valence-electron chi connectivity index (χ3n) is 3.13. The van der Waals surface area contributed by atoms with Crippen molar-refractivity contribution in [2.45, 2.75) is 26.2 Å². The highest BCUT2D eigenvalue weighted by Gasteiger charge is 2.17. The minimum atomic E-state index is -0.482. The second-order valence-corrected chi connectivity index (χ2v) is 5.94. The molecule has 1 N–H and O–H groups in total. The Morgan fingerprint density at radius 3 is 2.36 bits per heavy atom. The largest absolute Gasteiger partial charge is 0.322 e. The number of hydrogen-bond donors (Lipinski definition) is 1. The Morgan fingerprint density at radius 1 is 1.18 bits per heavy atom. The number of nitrogens with zero attached hydrogens (tertiary/aromatic N) is 2. The molecule has 0 radical (unpaired) electrons. The van der Waals surface area contributed by atoms with Crippen LogP contribution < -0.4 is 5.32 Å². The van der Waals surface area contributed by atoms with Crippen molar-refractivity contribution in [3.63, 3.8) is 0 Å². The number of nitro benzene ring substituents is 1. The Kier molecular flexibility index (Phi) is 4.21. The topological polar surface area (TPSA) is 85.1 Å². The number of carbonyl (C=O) groups excluding carboxylic acids is 1. The summed E-state index contributed by atoms with van der Waals surface area (Å²) in [4.78, 5) is 26.6. The van der Waals surface area contributed by atoms with Gasteiger partial charge in [0.15, 0.2) is 0 Å². The van der Waals surface area contributed by atoms with Crippen molar-refractivity contribution in [3.05, 3.63) is 64.0 Å². The highest BCUT2D eigenvalue weighted by molar-refractivity contribution is 6.04. The molecule has 22 heavy (non-hydrogen) atoms. The van der Waals surface area contributed by atoms with Crippen molar-refractivity contribution in [2.24, 2.45) is 0 Å². The van der Waals surface area contributed by atoms with Gasteiger partial charge in [0.1, 0.15) is 0 Å². The molecule has 2 rings (SSSR count). The SMILES string of the molecule is CC(C)(C)c1cc(C(=O)Nc2ccc([N+](=O)[O-])cc2)ccn1. The molecular formula is C16H17N3O3. The molecule has 0 atom stereocenters. The van der Waals surface area contributed by atoms with Gasteiger partial charge >= 0.3 is 0 Å². The molecule has 1 heterocycles. The van der Waals surface area contributed by atoms with Crippen molar-refractivity contribution >= 4 is 17.3 Å². The van der Waals surface area contributed by atoms with Crippen molar-refractivity contribution in [1.29, 1.82) is 0 Å². The number of non-ortho nitro benzene ring substituents is 1. The van der Waals surface area contributed by atoms with Crippen molar-refractivity contribution < 1.29 is 9.72 Å². The van der Waals surface area contributed by atoms with Crippen molar-refractivity contribution in [3.8, 4) is 0 Å². The number of hydrogen-bond acceptors (Lipinski definition) is 4. The molecule has 0 spiro atoms. The van der Waals surface area contributed by atoms with Crippen LogP contribution in [0.15, 0.2) is 42.6 Å². The molecule has 1 aromatic heterocycles. The number of benzene rings is 1. The molecule has 0 saturated carbocycles. The lowest BCUT2D eigenvalue weighted by Gasteiger charge is -2.18. The fourth-order valence-corrected chi connectivity index (χ4v) is 1.85. The monoisotopic (exact) mass is 299 g/mol. The summed E-state index contributed by atoms with van der Waals surface area (Å²) >= 11 is 0. The Bertz CT molecular complexity index is 703. The van der Waals surface area contributed by atoms with Crippen molar-refractivity contribution in [1.82, 2.24) is 4.98 Å². The number of nitrogens with one attached hydrogen (secondary N) is 1. The molecule has 0 aliphatic heterocycles.